The van der Waals surface area contributed by atoms with Crippen molar-refractivity contribution >= 4 is 27.1 Å². The minimum absolute atomic E-state index is 0.219. The Morgan fingerprint density at radius 1 is 1.47 bits per heavy atom. The number of para-hydroxylation sites is 1. The Labute approximate surface area is 104 Å². The van der Waals surface area contributed by atoms with Crippen molar-refractivity contribution in [2.75, 3.05) is 0 Å². The van der Waals surface area contributed by atoms with Crippen molar-refractivity contribution in [3.63, 3.8) is 0 Å². The summed E-state index contributed by atoms with van der Waals surface area (Å²) in [4.78, 5) is 4.61. The second-order valence-corrected chi connectivity index (χ2v) is 5.21. The maximum Gasteiger partial charge on any atom is 0.190 e. The van der Waals surface area contributed by atoms with Crippen LogP contribution in [0.3, 0.4) is 0 Å². The van der Waals surface area contributed by atoms with Gasteiger partial charge in [0.1, 0.15) is 11.1 Å². The molecular formula is C13H14N2OS. The predicted molar refractivity (Wildman–Crippen MR) is 70.5 cm³/mol. The SMILES string of the molecule is CC[C@@H]1CC(c2nc3ccccc3s2)=C(N)O1. The fourth-order valence-electron chi connectivity index (χ4n) is 2.04. The van der Waals surface area contributed by atoms with Crippen LogP contribution in [0.25, 0.3) is 15.8 Å². The van der Waals surface area contributed by atoms with E-state index in [-0.39, 0.29) is 6.10 Å². The van der Waals surface area contributed by atoms with Gasteiger partial charge in [0, 0.05) is 6.42 Å². The molecule has 3 rings (SSSR count). The van der Waals surface area contributed by atoms with E-state index in [1.807, 2.05) is 18.2 Å². The third kappa shape index (κ3) is 1.78. The average Bonchev–Trinajstić information content (AvgIpc) is 2.91. The number of fused-ring (bicyclic) bond motifs is 1. The van der Waals surface area contributed by atoms with Crippen molar-refractivity contribution in [3.8, 4) is 0 Å². The van der Waals surface area contributed by atoms with Gasteiger partial charge in [-0.1, -0.05) is 19.1 Å². The van der Waals surface area contributed by atoms with Crippen molar-refractivity contribution in [3.05, 3.63) is 35.2 Å². The zero-order chi connectivity index (χ0) is 11.8. The topological polar surface area (TPSA) is 48.1 Å². The van der Waals surface area contributed by atoms with Crippen LogP contribution in [-0.2, 0) is 4.74 Å². The predicted octanol–water partition coefficient (Wildman–Crippen LogP) is 3.12. The Morgan fingerprint density at radius 3 is 3.00 bits per heavy atom. The van der Waals surface area contributed by atoms with Crippen LogP contribution in [0.2, 0.25) is 0 Å². The number of aromatic nitrogens is 1. The molecule has 2 aromatic rings. The quantitative estimate of drug-likeness (QED) is 0.885. The standard InChI is InChI=1S/C13H14N2OS/c1-2-8-7-9(12(14)16-8)13-15-10-5-3-4-6-11(10)17-13/h3-6,8H,2,7,14H2,1H3/t8-/m1/s1. The Hall–Kier alpha value is -1.55. The summed E-state index contributed by atoms with van der Waals surface area (Å²) in [6.07, 6.45) is 2.08. The first-order valence-corrected chi connectivity index (χ1v) is 6.60. The summed E-state index contributed by atoms with van der Waals surface area (Å²) in [5.41, 5.74) is 8.03. The third-order valence-electron chi connectivity index (χ3n) is 3.03. The molecule has 3 nitrogen and oxygen atoms in total. The van der Waals surface area contributed by atoms with Crippen molar-refractivity contribution in [1.29, 1.82) is 0 Å². The van der Waals surface area contributed by atoms with Crippen LogP contribution < -0.4 is 5.73 Å². The van der Waals surface area contributed by atoms with E-state index in [9.17, 15) is 0 Å². The molecule has 0 fully saturated rings. The summed E-state index contributed by atoms with van der Waals surface area (Å²) < 4.78 is 6.79. The molecule has 1 aromatic heterocycles. The summed E-state index contributed by atoms with van der Waals surface area (Å²) in [5, 5.41) is 1.000. The second-order valence-electron chi connectivity index (χ2n) is 4.18. The molecule has 0 unspecified atom stereocenters. The van der Waals surface area contributed by atoms with E-state index in [4.69, 9.17) is 10.5 Å². The highest BCUT2D eigenvalue weighted by atomic mass is 32.1. The number of benzene rings is 1. The van der Waals surface area contributed by atoms with E-state index in [1.165, 1.54) is 4.70 Å². The molecule has 2 heterocycles. The lowest BCUT2D eigenvalue weighted by Crippen LogP contribution is -2.06. The molecule has 1 aliphatic heterocycles. The molecule has 0 radical (unpaired) electrons. The van der Waals surface area contributed by atoms with E-state index in [2.05, 4.69) is 18.0 Å². The minimum Gasteiger partial charge on any atom is -0.475 e. The first kappa shape index (κ1) is 10.6. The van der Waals surface area contributed by atoms with Gasteiger partial charge < -0.3 is 10.5 Å². The third-order valence-corrected chi connectivity index (χ3v) is 4.13. The van der Waals surface area contributed by atoms with Gasteiger partial charge in [0.2, 0.25) is 0 Å². The Bertz CT molecular complexity index is 555. The maximum absolute atomic E-state index is 5.92. The van der Waals surface area contributed by atoms with Crippen LogP contribution >= 0.6 is 11.3 Å². The second kappa shape index (κ2) is 4.04. The summed E-state index contributed by atoms with van der Waals surface area (Å²) in [6.45, 7) is 2.11. The Kier molecular flexibility index (Phi) is 2.52. The number of hydrogen-bond donors (Lipinski definition) is 1. The molecule has 0 aliphatic carbocycles. The lowest BCUT2D eigenvalue weighted by atomic mass is 10.1. The van der Waals surface area contributed by atoms with Crippen LogP contribution in [-0.4, -0.2) is 11.1 Å². The summed E-state index contributed by atoms with van der Waals surface area (Å²) in [5.74, 6) is 0.552. The first-order chi connectivity index (χ1) is 8.28. The van der Waals surface area contributed by atoms with Crippen molar-refractivity contribution in [2.45, 2.75) is 25.9 Å². The first-order valence-electron chi connectivity index (χ1n) is 5.79. The van der Waals surface area contributed by atoms with Gasteiger partial charge in [-0.2, -0.15) is 0 Å². The minimum atomic E-state index is 0.219. The largest absolute Gasteiger partial charge is 0.475 e. The van der Waals surface area contributed by atoms with Crippen molar-refractivity contribution < 1.29 is 4.74 Å². The van der Waals surface area contributed by atoms with Gasteiger partial charge in [-0.25, -0.2) is 4.98 Å². The van der Waals surface area contributed by atoms with Crippen LogP contribution in [0, 0.1) is 0 Å². The summed E-state index contributed by atoms with van der Waals surface area (Å²) >= 11 is 1.68. The fraction of sp³-hybridized carbons (Fsp3) is 0.308. The molecule has 2 N–H and O–H groups in total. The van der Waals surface area contributed by atoms with Gasteiger partial charge in [-0.3, -0.25) is 0 Å². The number of rotatable bonds is 2. The maximum atomic E-state index is 5.92. The molecule has 0 spiro atoms. The molecule has 0 amide bonds. The molecule has 4 heteroatoms. The smallest absolute Gasteiger partial charge is 0.190 e. The van der Waals surface area contributed by atoms with E-state index in [0.717, 1.165) is 28.9 Å². The molecule has 1 aromatic carbocycles. The number of ether oxygens (including phenoxy) is 1. The lowest BCUT2D eigenvalue weighted by molar-refractivity contribution is 0.138. The number of nitrogens with two attached hydrogens (primary N) is 1. The molecule has 88 valence electrons. The van der Waals surface area contributed by atoms with E-state index in [0.29, 0.717) is 5.88 Å². The van der Waals surface area contributed by atoms with E-state index in [1.54, 1.807) is 11.3 Å². The zero-order valence-electron chi connectivity index (χ0n) is 9.64. The highest BCUT2D eigenvalue weighted by Crippen LogP contribution is 2.35. The molecule has 0 saturated heterocycles. The molecule has 0 bridgehead atoms. The van der Waals surface area contributed by atoms with Crippen LogP contribution in [0.4, 0.5) is 0 Å². The van der Waals surface area contributed by atoms with Gasteiger partial charge in [-0.15, -0.1) is 11.3 Å². The number of nitrogens with zero attached hydrogens (tertiary/aromatic N) is 1. The molecule has 1 atom stereocenters. The van der Waals surface area contributed by atoms with Crippen molar-refractivity contribution in [2.24, 2.45) is 5.73 Å². The fourth-order valence-corrected chi connectivity index (χ4v) is 3.07. The van der Waals surface area contributed by atoms with Gasteiger partial charge in [0.05, 0.1) is 15.8 Å². The molecular weight excluding hydrogens is 232 g/mol. The van der Waals surface area contributed by atoms with Gasteiger partial charge in [-0.05, 0) is 18.6 Å². The molecule has 17 heavy (non-hydrogen) atoms. The van der Waals surface area contributed by atoms with Crippen LogP contribution in [0.5, 0.6) is 0 Å². The van der Waals surface area contributed by atoms with E-state index < -0.39 is 0 Å². The normalized spacial score (nSPS) is 19.9. The highest BCUT2D eigenvalue weighted by Gasteiger charge is 2.25. The van der Waals surface area contributed by atoms with Crippen LogP contribution in [0.1, 0.15) is 24.8 Å². The average molecular weight is 246 g/mol. The highest BCUT2D eigenvalue weighted by molar-refractivity contribution is 7.19. The zero-order valence-corrected chi connectivity index (χ0v) is 10.5. The summed E-state index contributed by atoms with van der Waals surface area (Å²) in [7, 11) is 0. The monoisotopic (exact) mass is 246 g/mol. The van der Waals surface area contributed by atoms with Gasteiger partial charge in [0.15, 0.2) is 5.88 Å². The Morgan fingerprint density at radius 2 is 2.29 bits per heavy atom. The Balaban J connectivity index is 2.02. The van der Waals surface area contributed by atoms with Gasteiger partial charge in [0.25, 0.3) is 0 Å². The van der Waals surface area contributed by atoms with E-state index >= 15 is 0 Å². The molecule has 1 aliphatic rings. The van der Waals surface area contributed by atoms with Gasteiger partial charge >= 0.3 is 0 Å². The van der Waals surface area contributed by atoms with Crippen molar-refractivity contribution in [1.82, 2.24) is 4.98 Å². The number of hydrogen-bond acceptors (Lipinski definition) is 4. The molecule has 0 saturated carbocycles. The number of thiazole rings is 1. The lowest BCUT2D eigenvalue weighted by Gasteiger charge is -2.06. The van der Waals surface area contributed by atoms with Crippen LogP contribution in [0.15, 0.2) is 30.1 Å². The summed E-state index contributed by atoms with van der Waals surface area (Å²) in [6, 6.07) is 8.14.